The lowest BCUT2D eigenvalue weighted by Gasteiger charge is -2.10. The molecule has 0 unspecified atom stereocenters. The molecule has 0 radical (unpaired) electrons. The van der Waals surface area contributed by atoms with Gasteiger partial charge < -0.3 is 10.5 Å². The third kappa shape index (κ3) is 3.30. The zero-order valence-electron chi connectivity index (χ0n) is 11.0. The van der Waals surface area contributed by atoms with E-state index in [1.54, 1.807) is 36.4 Å². The van der Waals surface area contributed by atoms with Gasteiger partial charge in [-0.25, -0.2) is 8.42 Å². The molecule has 7 heteroatoms. The summed E-state index contributed by atoms with van der Waals surface area (Å²) >= 11 is 1.23. The molecule has 0 aliphatic rings. The summed E-state index contributed by atoms with van der Waals surface area (Å²) in [5, 5.41) is 0. The van der Waals surface area contributed by atoms with Gasteiger partial charge >= 0.3 is 0 Å². The summed E-state index contributed by atoms with van der Waals surface area (Å²) in [7, 11) is -2.10. The molecule has 108 valence electrons. The summed E-state index contributed by atoms with van der Waals surface area (Å²) in [6, 6.07) is 10.3. The Bertz CT molecular complexity index is 680. The van der Waals surface area contributed by atoms with Gasteiger partial charge in [-0.1, -0.05) is 12.1 Å². The quantitative estimate of drug-likeness (QED) is 0.855. The van der Waals surface area contributed by atoms with Crippen molar-refractivity contribution in [2.45, 2.75) is 10.6 Å². The van der Waals surface area contributed by atoms with Crippen LogP contribution in [0, 0.1) is 0 Å². The van der Waals surface area contributed by atoms with Gasteiger partial charge in [0, 0.05) is 4.88 Å². The number of ether oxygens (including phenoxy) is 1. The van der Waals surface area contributed by atoms with Crippen molar-refractivity contribution in [3.05, 3.63) is 41.3 Å². The highest BCUT2D eigenvalue weighted by Crippen LogP contribution is 2.28. The molecule has 5 nitrogen and oxygen atoms in total. The molecular weight excluding hydrogens is 296 g/mol. The van der Waals surface area contributed by atoms with E-state index < -0.39 is 10.0 Å². The number of hydrogen-bond donors (Lipinski definition) is 2. The van der Waals surface area contributed by atoms with Crippen molar-refractivity contribution < 1.29 is 13.2 Å². The fraction of sp³-hybridized carbons (Fsp3) is 0.231. The van der Waals surface area contributed by atoms with Gasteiger partial charge in [0.05, 0.1) is 12.8 Å². The molecule has 3 N–H and O–H groups in total. The van der Waals surface area contributed by atoms with E-state index in [0.717, 1.165) is 4.88 Å². The number of anilines is 1. The van der Waals surface area contributed by atoms with Gasteiger partial charge in [-0.3, -0.25) is 4.72 Å². The van der Waals surface area contributed by atoms with Crippen LogP contribution in [0.3, 0.4) is 0 Å². The number of para-hydroxylation sites is 2. The molecule has 0 bridgehead atoms. The maximum absolute atomic E-state index is 12.3. The molecule has 0 saturated heterocycles. The average molecular weight is 312 g/mol. The predicted molar refractivity (Wildman–Crippen MR) is 80.9 cm³/mol. The Morgan fingerprint density at radius 2 is 2.00 bits per heavy atom. The largest absolute Gasteiger partial charge is 0.495 e. The Morgan fingerprint density at radius 1 is 1.25 bits per heavy atom. The Morgan fingerprint density at radius 3 is 2.70 bits per heavy atom. The van der Waals surface area contributed by atoms with Crippen LogP contribution in [0.2, 0.25) is 0 Å². The van der Waals surface area contributed by atoms with E-state index >= 15 is 0 Å². The van der Waals surface area contributed by atoms with Crippen LogP contribution in [0.15, 0.2) is 40.6 Å². The lowest BCUT2D eigenvalue weighted by Crippen LogP contribution is -2.12. The summed E-state index contributed by atoms with van der Waals surface area (Å²) in [6.45, 7) is 0.500. The maximum Gasteiger partial charge on any atom is 0.271 e. The van der Waals surface area contributed by atoms with E-state index in [-0.39, 0.29) is 4.21 Å². The van der Waals surface area contributed by atoms with E-state index in [2.05, 4.69) is 4.72 Å². The van der Waals surface area contributed by atoms with Gasteiger partial charge in [0.25, 0.3) is 10.0 Å². The Labute approximate surface area is 122 Å². The second-order valence-electron chi connectivity index (χ2n) is 4.07. The first-order chi connectivity index (χ1) is 9.56. The normalized spacial score (nSPS) is 11.3. The number of benzene rings is 1. The van der Waals surface area contributed by atoms with Crippen molar-refractivity contribution in [1.29, 1.82) is 0 Å². The van der Waals surface area contributed by atoms with Gasteiger partial charge in [-0.05, 0) is 37.2 Å². The fourth-order valence-corrected chi connectivity index (χ4v) is 4.14. The standard InChI is InChI=1S/C13H16N2O3S2/c1-18-12-5-3-2-4-11(12)15-20(16,17)13-7-6-10(19-13)8-9-14/h2-7,15H,8-9,14H2,1H3. The highest BCUT2D eigenvalue weighted by molar-refractivity contribution is 7.94. The average Bonchev–Trinajstić information content (AvgIpc) is 2.89. The van der Waals surface area contributed by atoms with E-state index in [0.29, 0.717) is 24.4 Å². The number of nitrogens with one attached hydrogen (secondary N) is 1. The van der Waals surface area contributed by atoms with Crippen LogP contribution in [0.5, 0.6) is 5.75 Å². The molecule has 1 heterocycles. The first-order valence-electron chi connectivity index (χ1n) is 6.01. The van der Waals surface area contributed by atoms with Crippen molar-refractivity contribution in [2.24, 2.45) is 5.73 Å². The summed E-state index contributed by atoms with van der Waals surface area (Å²) < 4.78 is 32.5. The summed E-state index contributed by atoms with van der Waals surface area (Å²) in [5.74, 6) is 0.481. The maximum atomic E-state index is 12.3. The minimum absolute atomic E-state index is 0.270. The lowest BCUT2D eigenvalue weighted by molar-refractivity contribution is 0.417. The number of nitrogens with two attached hydrogens (primary N) is 1. The molecule has 0 amide bonds. The topological polar surface area (TPSA) is 81.4 Å². The molecule has 0 atom stereocenters. The van der Waals surface area contributed by atoms with Crippen molar-refractivity contribution in [2.75, 3.05) is 18.4 Å². The highest BCUT2D eigenvalue weighted by Gasteiger charge is 2.18. The number of sulfonamides is 1. The van der Waals surface area contributed by atoms with Gasteiger partial charge in [0.15, 0.2) is 0 Å². The van der Waals surface area contributed by atoms with Crippen LogP contribution in [-0.2, 0) is 16.4 Å². The molecule has 1 aromatic carbocycles. The lowest BCUT2D eigenvalue weighted by atomic mass is 10.3. The molecule has 2 aromatic rings. The molecular formula is C13H16N2O3S2. The van der Waals surface area contributed by atoms with Gasteiger partial charge in [-0.2, -0.15) is 0 Å². The number of hydrogen-bond acceptors (Lipinski definition) is 5. The molecule has 1 aromatic heterocycles. The number of thiophene rings is 1. The Kier molecular flexibility index (Phi) is 4.64. The van der Waals surface area contributed by atoms with Crippen LogP contribution < -0.4 is 15.2 Å². The van der Waals surface area contributed by atoms with Crippen molar-refractivity contribution >= 4 is 27.0 Å². The van der Waals surface area contributed by atoms with Crippen LogP contribution in [0.25, 0.3) is 0 Å². The van der Waals surface area contributed by atoms with E-state index in [1.165, 1.54) is 18.4 Å². The SMILES string of the molecule is COc1ccccc1NS(=O)(=O)c1ccc(CCN)s1. The zero-order chi connectivity index (χ0) is 14.6. The van der Waals surface area contributed by atoms with Crippen LogP contribution in [0.1, 0.15) is 4.88 Å². The number of methoxy groups -OCH3 is 1. The predicted octanol–water partition coefficient (Wildman–Crippen LogP) is 2.06. The molecule has 0 spiro atoms. The second-order valence-corrected chi connectivity index (χ2v) is 7.14. The van der Waals surface area contributed by atoms with Crippen LogP contribution in [-0.4, -0.2) is 22.1 Å². The Balaban J connectivity index is 2.26. The minimum Gasteiger partial charge on any atom is -0.495 e. The first-order valence-corrected chi connectivity index (χ1v) is 8.31. The molecule has 0 saturated carbocycles. The molecule has 2 rings (SSSR count). The zero-order valence-corrected chi connectivity index (χ0v) is 12.6. The van der Waals surface area contributed by atoms with E-state index in [4.69, 9.17) is 10.5 Å². The second kappa shape index (κ2) is 6.25. The molecule has 0 aliphatic heterocycles. The summed E-state index contributed by atoms with van der Waals surface area (Å²) in [6.07, 6.45) is 0.675. The van der Waals surface area contributed by atoms with Gasteiger partial charge in [0.2, 0.25) is 0 Å². The van der Waals surface area contributed by atoms with Gasteiger partial charge in [-0.15, -0.1) is 11.3 Å². The van der Waals surface area contributed by atoms with Crippen molar-refractivity contribution in [3.8, 4) is 5.75 Å². The van der Waals surface area contributed by atoms with Crippen LogP contribution in [0.4, 0.5) is 5.69 Å². The Hall–Kier alpha value is -1.57. The van der Waals surface area contributed by atoms with Gasteiger partial charge in [0.1, 0.15) is 9.96 Å². The first kappa shape index (κ1) is 14.8. The van der Waals surface area contributed by atoms with Crippen molar-refractivity contribution in [1.82, 2.24) is 0 Å². The summed E-state index contributed by atoms with van der Waals surface area (Å²) in [5.41, 5.74) is 5.89. The minimum atomic E-state index is -3.60. The number of rotatable bonds is 6. The third-order valence-electron chi connectivity index (χ3n) is 2.64. The molecule has 0 aliphatic carbocycles. The van der Waals surface area contributed by atoms with E-state index in [9.17, 15) is 8.42 Å². The van der Waals surface area contributed by atoms with E-state index in [1.807, 2.05) is 0 Å². The molecule has 20 heavy (non-hydrogen) atoms. The highest BCUT2D eigenvalue weighted by atomic mass is 32.2. The van der Waals surface area contributed by atoms with Crippen molar-refractivity contribution in [3.63, 3.8) is 0 Å². The third-order valence-corrected chi connectivity index (χ3v) is 5.65. The van der Waals surface area contributed by atoms with Crippen LogP contribution >= 0.6 is 11.3 Å². The summed E-state index contributed by atoms with van der Waals surface area (Å²) in [4.78, 5) is 0.952. The monoisotopic (exact) mass is 312 g/mol. The fourth-order valence-electron chi connectivity index (χ4n) is 1.70. The molecule has 0 fully saturated rings. The smallest absolute Gasteiger partial charge is 0.271 e.